The van der Waals surface area contributed by atoms with E-state index in [1.807, 2.05) is 13.2 Å². The third kappa shape index (κ3) is 4.50. The molecule has 0 unspecified atom stereocenters. The van der Waals surface area contributed by atoms with Gasteiger partial charge in [-0.3, -0.25) is 9.48 Å². The van der Waals surface area contributed by atoms with Crippen LogP contribution in [0, 0.1) is 0 Å². The van der Waals surface area contributed by atoms with Gasteiger partial charge in [0, 0.05) is 50.1 Å². The predicted octanol–water partition coefficient (Wildman–Crippen LogP) is 4.15. The molecular formula is C25H24F2N8O2. The van der Waals surface area contributed by atoms with Crippen LogP contribution in [-0.2, 0) is 20.0 Å². The minimum atomic E-state index is -2.44. The van der Waals surface area contributed by atoms with Gasteiger partial charge in [-0.1, -0.05) is 0 Å². The Morgan fingerprint density at radius 2 is 2.11 bits per heavy atom. The molecule has 6 heterocycles. The number of rotatable bonds is 4. The lowest BCUT2D eigenvalue weighted by Crippen LogP contribution is -2.36. The maximum atomic E-state index is 13.1. The van der Waals surface area contributed by atoms with Crippen LogP contribution in [0.3, 0.4) is 0 Å². The zero-order valence-corrected chi connectivity index (χ0v) is 20.0. The number of aromatic nitrogens is 7. The zero-order valence-electron chi connectivity index (χ0n) is 20.0. The number of nitrogens with one attached hydrogen (secondary N) is 1. The molecule has 190 valence electrons. The Hall–Kier alpha value is -4.35. The maximum Gasteiger partial charge on any atom is 0.291 e. The van der Waals surface area contributed by atoms with Crippen molar-refractivity contribution in [1.82, 2.24) is 39.2 Å². The molecule has 0 atom stereocenters. The number of hydrogen-bond donors (Lipinski definition) is 1. The molecule has 0 bridgehead atoms. The third-order valence-corrected chi connectivity index (χ3v) is 6.53. The van der Waals surface area contributed by atoms with Crippen molar-refractivity contribution >= 4 is 11.4 Å². The number of aromatic amines is 1. The molecule has 5 aromatic heterocycles. The van der Waals surface area contributed by atoms with Crippen LogP contribution < -0.4 is 0 Å². The number of carbonyl (C=O) groups excluding carboxylic acids is 1. The molecule has 1 aliphatic carbocycles. The highest BCUT2D eigenvalue weighted by atomic mass is 19.3. The van der Waals surface area contributed by atoms with E-state index in [1.165, 1.54) is 16.8 Å². The van der Waals surface area contributed by atoms with Crippen LogP contribution in [0.5, 0.6) is 0 Å². The zero-order chi connectivity index (χ0) is 25.5. The number of amides is 1. The number of imidazole rings is 1. The summed E-state index contributed by atoms with van der Waals surface area (Å²) in [5.41, 5.74) is 4.11. The Balaban J connectivity index is 0.000000176. The van der Waals surface area contributed by atoms with Crippen molar-refractivity contribution in [3.05, 3.63) is 77.7 Å². The van der Waals surface area contributed by atoms with E-state index in [-0.39, 0.29) is 11.5 Å². The molecule has 7 rings (SSSR count). The van der Waals surface area contributed by atoms with Gasteiger partial charge in [0.2, 0.25) is 11.7 Å². The fourth-order valence-corrected chi connectivity index (χ4v) is 4.46. The molecule has 37 heavy (non-hydrogen) atoms. The van der Waals surface area contributed by atoms with E-state index in [2.05, 4.69) is 25.1 Å². The molecule has 5 aromatic rings. The Morgan fingerprint density at radius 3 is 2.86 bits per heavy atom. The van der Waals surface area contributed by atoms with Gasteiger partial charge >= 0.3 is 0 Å². The third-order valence-electron chi connectivity index (χ3n) is 6.53. The van der Waals surface area contributed by atoms with Gasteiger partial charge in [0.1, 0.15) is 0 Å². The van der Waals surface area contributed by atoms with Gasteiger partial charge in [0.15, 0.2) is 0 Å². The van der Waals surface area contributed by atoms with Crippen LogP contribution in [0.4, 0.5) is 8.78 Å². The first-order chi connectivity index (χ1) is 18.0. The van der Waals surface area contributed by atoms with E-state index in [1.54, 1.807) is 40.4 Å². The second-order valence-electron chi connectivity index (χ2n) is 9.14. The van der Waals surface area contributed by atoms with E-state index >= 15 is 0 Å². The summed E-state index contributed by atoms with van der Waals surface area (Å²) in [6.45, 7) is 1.17. The number of aryl methyl sites for hydroxylation is 1. The molecule has 0 spiro atoms. The first-order valence-corrected chi connectivity index (χ1v) is 12.0. The quantitative estimate of drug-likeness (QED) is 0.392. The van der Waals surface area contributed by atoms with Crippen LogP contribution in [0.15, 0.2) is 53.7 Å². The average molecular weight is 507 g/mol. The minimum absolute atomic E-state index is 0.0231. The lowest BCUT2D eigenvalue weighted by molar-refractivity contribution is 0.0699. The Morgan fingerprint density at radius 1 is 1.24 bits per heavy atom. The second kappa shape index (κ2) is 9.26. The summed E-state index contributed by atoms with van der Waals surface area (Å²) in [7, 11) is 1.84. The molecule has 10 nitrogen and oxygen atoms in total. The fourth-order valence-electron chi connectivity index (χ4n) is 4.46. The van der Waals surface area contributed by atoms with Crippen LogP contribution in [0.2, 0.25) is 0 Å². The van der Waals surface area contributed by atoms with Gasteiger partial charge < -0.3 is 14.3 Å². The monoisotopic (exact) mass is 506 g/mol. The van der Waals surface area contributed by atoms with Crippen LogP contribution >= 0.6 is 0 Å². The van der Waals surface area contributed by atoms with E-state index in [0.717, 1.165) is 41.9 Å². The molecule has 1 saturated carbocycles. The number of pyridine rings is 1. The summed E-state index contributed by atoms with van der Waals surface area (Å²) in [5, 5.41) is 8.00. The normalized spacial score (nSPS) is 15.1. The van der Waals surface area contributed by atoms with Crippen molar-refractivity contribution in [3.8, 4) is 11.5 Å². The molecule has 1 amide bonds. The number of oxazole rings is 1. The molecule has 0 saturated heterocycles. The van der Waals surface area contributed by atoms with Gasteiger partial charge in [-0.15, -0.1) is 0 Å². The Kier molecular flexibility index (Phi) is 5.78. The molecule has 1 aliphatic heterocycles. The molecule has 2 aliphatic rings. The van der Waals surface area contributed by atoms with Gasteiger partial charge in [-0.05, 0) is 31.0 Å². The summed E-state index contributed by atoms with van der Waals surface area (Å²) in [4.78, 5) is 26.9. The number of carbonyl (C=O) groups is 1. The van der Waals surface area contributed by atoms with Crippen LogP contribution in [0.25, 0.3) is 17.0 Å². The van der Waals surface area contributed by atoms with Gasteiger partial charge in [-0.25, -0.2) is 23.3 Å². The first-order valence-electron chi connectivity index (χ1n) is 12.0. The van der Waals surface area contributed by atoms with Crippen LogP contribution in [-0.4, -0.2) is 51.7 Å². The predicted molar refractivity (Wildman–Crippen MR) is 128 cm³/mol. The molecule has 0 aromatic carbocycles. The summed E-state index contributed by atoms with van der Waals surface area (Å²) in [5.74, 6) is 1.09. The second-order valence-corrected chi connectivity index (χ2v) is 9.14. The smallest absolute Gasteiger partial charge is 0.291 e. The highest BCUT2D eigenvalue weighted by molar-refractivity contribution is 5.93. The summed E-state index contributed by atoms with van der Waals surface area (Å²) >= 11 is 0. The van der Waals surface area contributed by atoms with E-state index in [0.29, 0.717) is 36.2 Å². The van der Waals surface area contributed by atoms with E-state index < -0.39 is 6.43 Å². The average Bonchev–Trinajstić information content (AvgIpc) is 3.33. The first kappa shape index (κ1) is 23.1. The molecule has 0 radical (unpaired) electrons. The fraction of sp³-hybridized carbons (Fsp3) is 0.320. The lowest BCUT2D eigenvalue weighted by Gasteiger charge is -2.25. The minimum Gasteiger partial charge on any atom is -0.430 e. The largest absolute Gasteiger partial charge is 0.430 e. The Bertz CT molecular complexity index is 1560. The van der Waals surface area contributed by atoms with Crippen molar-refractivity contribution in [3.63, 3.8) is 0 Å². The molecule has 12 heteroatoms. The molecule has 1 N–H and O–H groups in total. The number of H-pyrrole nitrogens is 1. The maximum absolute atomic E-state index is 13.1. The van der Waals surface area contributed by atoms with E-state index in [9.17, 15) is 13.6 Å². The summed E-state index contributed by atoms with van der Waals surface area (Å²) in [6.07, 6.45) is 8.81. The summed E-state index contributed by atoms with van der Waals surface area (Å²) in [6, 6.07) is 4.53. The van der Waals surface area contributed by atoms with Gasteiger partial charge in [0.05, 0.1) is 47.2 Å². The number of halogens is 2. The van der Waals surface area contributed by atoms with Crippen LogP contribution in [0.1, 0.15) is 58.4 Å². The van der Waals surface area contributed by atoms with Crippen molar-refractivity contribution in [1.29, 1.82) is 0 Å². The number of alkyl halides is 2. The van der Waals surface area contributed by atoms with Crippen molar-refractivity contribution in [2.75, 3.05) is 6.54 Å². The molecular weight excluding hydrogens is 482 g/mol. The number of nitrogens with zero attached hydrogens (tertiary/aromatic N) is 7. The van der Waals surface area contributed by atoms with Crippen molar-refractivity contribution < 1.29 is 18.0 Å². The topological polar surface area (TPSA) is 110 Å². The van der Waals surface area contributed by atoms with Crippen molar-refractivity contribution in [2.24, 2.45) is 7.05 Å². The highest BCUT2D eigenvalue weighted by Crippen LogP contribution is 2.43. The number of hydrogen-bond acceptors (Lipinski definition) is 6. The van der Waals surface area contributed by atoms with Gasteiger partial charge in [-0.2, -0.15) is 10.2 Å². The molecule has 1 fully saturated rings. The standard InChI is InChI=1S/C17H18N6O2.C8H6F2N2/c1-22-7-11(6-20-22)16-21-14(10-2-3-10)15(25-16)17(24)23-5-4-12-13(8-23)19-9-18-12;9-8(10)6-2-1-5-12-7(6)3-4-11-12/h6-7,9-10H,2-5,8H2,1H3,(H,18,19);1-5,8H. The van der Waals surface area contributed by atoms with Gasteiger partial charge in [0.25, 0.3) is 12.3 Å². The van der Waals surface area contributed by atoms with E-state index in [4.69, 9.17) is 4.42 Å². The lowest BCUT2D eigenvalue weighted by atomic mass is 10.1. The number of fused-ring (bicyclic) bond motifs is 2. The summed E-state index contributed by atoms with van der Waals surface area (Å²) < 4.78 is 33.7. The SMILES string of the molecule is Cn1cc(-c2nc(C3CC3)c(C(=O)N3CCc4nc[nH]c4C3)o2)cn1.FC(F)c1cccn2nccc12. The van der Waals surface area contributed by atoms with Crippen molar-refractivity contribution in [2.45, 2.75) is 38.2 Å². The Labute approximate surface area is 209 Å². The highest BCUT2D eigenvalue weighted by Gasteiger charge is 2.36.